The van der Waals surface area contributed by atoms with Crippen molar-refractivity contribution in [1.82, 2.24) is 0 Å². The van der Waals surface area contributed by atoms with Crippen LogP contribution in [0, 0.1) is 28.6 Å². The van der Waals surface area contributed by atoms with Gasteiger partial charge in [-0.2, -0.15) is 0 Å². The summed E-state index contributed by atoms with van der Waals surface area (Å²) in [6.45, 7) is 4.97. The first kappa shape index (κ1) is 23.6. The number of ketones is 2. The van der Waals surface area contributed by atoms with Crippen LogP contribution in [0.15, 0.2) is 23.8 Å². The molecule has 0 saturated heterocycles. The fraction of sp³-hybridized carbons (Fsp3) is 0.727. The van der Waals surface area contributed by atoms with Gasteiger partial charge in [-0.1, -0.05) is 32.4 Å². The van der Waals surface area contributed by atoms with Gasteiger partial charge >= 0.3 is 29.6 Å². The number of rotatable bonds is 2. The quantitative estimate of drug-likeness (QED) is 0.454. The van der Waals surface area contributed by atoms with Gasteiger partial charge in [-0.05, 0) is 55.6 Å². The molecule has 8 atom stereocenters. The molecule has 0 radical (unpaired) electrons. The number of halogens is 1. The Balaban J connectivity index is 0.00000240. The summed E-state index contributed by atoms with van der Waals surface area (Å²) in [7, 11) is 0. The maximum atomic E-state index is 12.6. The third-order valence-corrected chi connectivity index (χ3v) is 9.72. The second-order valence-electron chi connectivity index (χ2n) is 9.75. The molecular formula is C22H30ClNaO5. The molecule has 3 saturated carbocycles. The second-order valence-corrected chi connectivity index (χ2v) is 10.4. The molecule has 0 bridgehead atoms. The van der Waals surface area contributed by atoms with Crippen molar-refractivity contribution in [2.75, 3.05) is 6.61 Å². The van der Waals surface area contributed by atoms with E-state index in [2.05, 4.69) is 0 Å². The Hall–Kier alpha value is -0.0100. The molecule has 4 aliphatic carbocycles. The molecule has 5 nitrogen and oxygen atoms in total. The van der Waals surface area contributed by atoms with Crippen LogP contribution in [0.5, 0.6) is 0 Å². The molecule has 0 unspecified atom stereocenters. The Morgan fingerprint density at radius 2 is 1.97 bits per heavy atom. The average Bonchev–Trinajstić information content (AvgIpc) is 2.84. The zero-order valence-electron chi connectivity index (χ0n) is 16.6. The van der Waals surface area contributed by atoms with Gasteiger partial charge in [0, 0.05) is 10.8 Å². The van der Waals surface area contributed by atoms with Gasteiger partial charge in [-0.15, -0.1) is 11.6 Å². The molecule has 7 heteroatoms. The minimum absolute atomic E-state index is 0. The predicted octanol–water partition coefficient (Wildman–Crippen LogP) is 1.52. The van der Waals surface area contributed by atoms with E-state index < -0.39 is 39.8 Å². The van der Waals surface area contributed by atoms with E-state index in [1.165, 1.54) is 6.08 Å². The van der Waals surface area contributed by atoms with Gasteiger partial charge in [0.05, 0.1) is 11.0 Å². The SMILES string of the molecule is C[C@H]1C[C@H]2[C@@H]3CCC4=CC(=O)C=C[C@]4(C)[C@@]3(Cl)[C@@H](O)C[C@]2(C)[C@@]1(O)C(=O)CO.[NaH]. The molecule has 4 rings (SSSR count). The van der Waals surface area contributed by atoms with Crippen molar-refractivity contribution < 1.29 is 24.9 Å². The van der Waals surface area contributed by atoms with Gasteiger partial charge in [-0.25, -0.2) is 0 Å². The number of Topliss-reactive ketones (excluding diaryl/α,β-unsaturated/α-hetero) is 1. The fourth-order valence-corrected chi connectivity index (χ4v) is 7.78. The normalized spacial score (nSPS) is 50.7. The summed E-state index contributed by atoms with van der Waals surface area (Å²) in [5.74, 6) is -1.15. The summed E-state index contributed by atoms with van der Waals surface area (Å²) in [6.07, 6.45) is 6.22. The number of carbonyl (C=O) groups is 2. The summed E-state index contributed by atoms with van der Waals surface area (Å²) in [4.78, 5) is 23.5. The molecule has 0 aliphatic heterocycles. The van der Waals surface area contributed by atoms with Gasteiger partial charge in [0.25, 0.3) is 0 Å². The van der Waals surface area contributed by atoms with Crippen LogP contribution in [-0.4, -0.2) is 79.6 Å². The van der Waals surface area contributed by atoms with Gasteiger partial charge in [0.2, 0.25) is 0 Å². The van der Waals surface area contributed by atoms with Crippen LogP contribution >= 0.6 is 11.6 Å². The Kier molecular flexibility index (Phi) is 5.92. The molecule has 0 aromatic heterocycles. The third kappa shape index (κ3) is 2.68. The van der Waals surface area contributed by atoms with Gasteiger partial charge in [0.15, 0.2) is 11.6 Å². The van der Waals surface area contributed by atoms with E-state index in [4.69, 9.17) is 11.6 Å². The Labute approximate surface area is 198 Å². The van der Waals surface area contributed by atoms with E-state index in [0.29, 0.717) is 19.3 Å². The summed E-state index contributed by atoms with van der Waals surface area (Å²) in [5, 5.41) is 32.3. The minimum atomic E-state index is -1.68. The monoisotopic (exact) mass is 432 g/mol. The second kappa shape index (κ2) is 7.26. The van der Waals surface area contributed by atoms with Crippen LogP contribution in [-0.2, 0) is 9.59 Å². The molecule has 156 valence electrons. The van der Waals surface area contributed by atoms with E-state index in [1.807, 2.05) is 26.8 Å². The number of fused-ring (bicyclic) bond motifs is 5. The number of allylic oxidation sites excluding steroid dienone is 4. The van der Waals surface area contributed by atoms with Gasteiger partial charge in [0.1, 0.15) is 12.2 Å². The standard InChI is InChI=1S/C22H29ClO5.Na.H/c1-12-8-16-15-5-4-13-9-14(25)6-7-19(13,2)21(15,23)17(26)10-20(16,3)22(12,28)18(27)11-24;;/h6-7,9,12,15-17,24,26,28H,4-5,8,10-11H2,1-3H3;;/t12-,15-,16-,17-,19-,20-,21-,22-;;/m0../s1. The average molecular weight is 433 g/mol. The molecule has 4 aliphatic rings. The topological polar surface area (TPSA) is 94.8 Å². The molecule has 0 aromatic carbocycles. The van der Waals surface area contributed by atoms with Crippen molar-refractivity contribution in [2.45, 2.75) is 63.0 Å². The third-order valence-electron chi connectivity index (χ3n) is 8.79. The van der Waals surface area contributed by atoms with Crippen LogP contribution in [0.1, 0.15) is 46.5 Å². The molecule has 3 fully saturated rings. The number of hydrogen-bond acceptors (Lipinski definition) is 5. The molecule has 0 spiro atoms. The molecule has 29 heavy (non-hydrogen) atoms. The zero-order chi connectivity index (χ0) is 20.7. The number of aliphatic hydroxyl groups is 3. The zero-order valence-corrected chi connectivity index (χ0v) is 17.4. The van der Waals surface area contributed by atoms with Crippen LogP contribution in [0.3, 0.4) is 0 Å². The van der Waals surface area contributed by atoms with Crippen molar-refractivity contribution in [3.05, 3.63) is 23.8 Å². The van der Waals surface area contributed by atoms with Crippen molar-refractivity contribution in [2.24, 2.45) is 28.6 Å². The van der Waals surface area contributed by atoms with Crippen molar-refractivity contribution in [1.29, 1.82) is 0 Å². The Morgan fingerprint density at radius 3 is 2.59 bits per heavy atom. The summed E-state index contributed by atoms with van der Waals surface area (Å²) in [6, 6.07) is 0. The van der Waals surface area contributed by atoms with E-state index in [9.17, 15) is 24.9 Å². The Bertz CT molecular complexity index is 811. The van der Waals surface area contributed by atoms with Crippen LogP contribution in [0.25, 0.3) is 0 Å². The maximum absolute atomic E-state index is 12.6. The van der Waals surface area contributed by atoms with Crippen LogP contribution < -0.4 is 0 Å². The summed E-state index contributed by atoms with van der Waals surface area (Å²) >= 11 is 7.30. The molecule has 0 heterocycles. The molecule has 0 aromatic rings. The van der Waals surface area contributed by atoms with E-state index in [1.54, 1.807) is 6.08 Å². The summed E-state index contributed by atoms with van der Waals surface area (Å²) in [5.41, 5.74) is -2.25. The van der Waals surface area contributed by atoms with E-state index in [-0.39, 0.29) is 59.5 Å². The first-order valence-corrected chi connectivity index (χ1v) is 10.5. The van der Waals surface area contributed by atoms with E-state index in [0.717, 1.165) is 5.57 Å². The van der Waals surface area contributed by atoms with Crippen molar-refractivity contribution >= 4 is 52.7 Å². The van der Waals surface area contributed by atoms with Gasteiger partial charge in [-0.3, -0.25) is 9.59 Å². The number of carbonyl (C=O) groups excluding carboxylic acids is 2. The van der Waals surface area contributed by atoms with Crippen molar-refractivity contribution in [3.63, 3.8) is 0 Å². The van der Waals surface area contributed by atoms with Crippen molar-refractivity contribution in [3.8, 4) is 0 Å². The van der Waals surface area contributed by atoms with E-state index >= 15 is 0 Å². The molecule has 3 N–H and O–H groups in total. The molecule has 0 amide bonds. The number of alkyl halides is 1. The summed E-state index contributed by atoms with van der Waals surface area (Å²) < 4.78 is 0. The number of hydrogen-bond donors (Lipinski definition) is 3. The molecular weight excluding hydrogens is 403 g/mol. The number of aliphatic hydroxyl groups excluding tert-OH is 2. The fourth-order valence-electron chi connectivity index (χ4n) is 7.26. The van der Waals surface area contributed by atoms with Crippen LogP contribution in [0.4, 0.5) is 0 Å². The first-order chi connectivity index (χ1) is 13.0. The predicted molar refractivity (Wildman–Crippen MR) is 112 cm³/mol. The van der Waals surface area contributed by atoms with Crippen LogP contribution in [0.2, 0.25) is 0 Å². The first-order valence-electron chi connectivity index (χ1n) is 10.1. The van der Waals surface area contributed by atoms with Gasteiger partial charge < -0.3 is 15.3 Å². The Morgan fingerprint density at radius 1 is 1.31 bits per heavy atom.